The van der Waals surface area contributed by atoms with Crippen LogP contribution in [0.2, 0.25) is 6.32 Å². The van der Waals surface area contributed by atoms with Gasteiger partial charge in [0.25, 0.3) is 0 Å². The Balaban J connectivity index is 3.02. The predicted octanol–water partition coefficient (Wildman–Crippen LogP) is 3.05. The van der Waals surface area contributed by atoms with Crippen molar-refractivity contribution in [3.8, 4) is 11.8 Å². The van der Waals surface area contributed by atoms with E-state index in [1.165, 1.54) is 30.4 Å². The molecule has 0 aliphatic rings. The number of nitrogens with zero attached hydrogens (tertiary/aromatic N) is 1. The molecule has 0 fully saturated rings. The minimum absolute atomic E-state index is 0.0387. The van der Waals surface area contributed by atoms with Crippen LogP contribution in [0.1, 0.15) is 11.1 Å². The van der Waals surface area contributed by atoms with E-state index in [4.69, 9.17) is 20.0 Å². The van der Waals surface area contributed by atoms with Crippen LogP contribution in [0.25, 0.3) is 0 Å². The third-order valence-corrected chi connectivity index (χ3v) is 2.56. The van der Waals surface area contributed by atoms with Crippen LogP contribution in [0.4, 0.5) is 13.2 Å². The summed E-state index contributed by atoms with van der Waals surface area (Å²) in [5.41, 5.74) is -1.59. The van der Waals surface area contributed by atoms with Crippen molar-refractivity contribution < 1.29 is 28.0 Å². The quantitative estimate of drug-likeness (QED) is 0.479. The van der Waals surface area contributed by atoms with Gasteiger partial charge in [-0.1, -0.05) is 18.7 Å². The zero-order chi connectivity index (χ0) is 17.5. The fourth-order valence-electron chi connectivity index (χ4n) is 1.61. The Morgan fingerprint density at radius 2 is 2.09 bits per heavy atom. The van der Waals surface area contributed by atoms with E-state index < -0.39 is 24.4 Å². The lowest BCUT2D eigenvalue weighted by Gasteiger charge is -2.11. The minimum Gasteiger partial charge on any atom is -0.457 e. The first kappa shape index (κ1) is 18.6. The molecule has 0 bridgehead atoms. The monoisotopic (exact) mass is 323 g/mol. The molecule has 4 nitrogen and oxygen atoms in total. The van der Waals surface area contributed by atoms with Gasteiger partial charge < -0.3 is 14.8 Å². The van der Waals surface area contributed by atoms with E-state index in [1.807, 2.05) is 0 Å². The normalized spacial score (nSPS) is 12.1. The van der Waals surface area contributed by atoms with Crippen molar-refractivity contribution >= 4 is 7.12 Å². The molecule has 23 heavy (non-hydrogen) atoms. The minimum atomic E-state index is -4.62. The molecule has 1 aromatic rings. The Labute approximate surface area is 131 Å². The Morgan fingerprint density at radius 1 is 1.39 bits per heavy atom. The zero-order valence-corrected chi connectivity index (χ0v) is 11.9. The first-order valence-electron chi connectivity index (χ1n) is 6.42. The number of hydrogen-bond acceptors (Lipinski definition) is 4. The van der Waals surface area contributed by atoms with Crippen LogP contribution in [-0.2, 0) is 6.18 Å². The Kier molecular flexibility index (Phi) is 6.63. The van der Waals surface area contributed by atoms with E-state index >= 15 is 0 Å². The Hall–Kier alpha value is -2.50. The molecule has 8 heteroatoms. The van der Waals surface area contributed by atoms with Gasteiger partial charge in [0.05, 0.1) is 17.2 Å². The molecule has 0 aliphatic carbocycles. The van der Waals surface area contributed by atoms with Gasteiger partial charge in [0.15, 0.2) is 0 Å². The number of rotatable bonds is 6. The number of alkyl halides is 3. The highest BCUT2D eigenvalue weighted by Gasteiger charge is 2.33. The van der Waals surface area contributed by atoms with Gasteiger partial charge >= 0.3 is 13.3 Å². The fraction of sp³-hybridized carbons (Fsp3) is 0.133. The molecule has 0 aliphatic heterocycles. The summed E-state index contributed by atoms with van der Waals surface area (Å²) in [5.74, 6) is 0.251. The van der Waals surface area contributed by atoms with Gasteiger partial charge in [-0.2, -0.15) is 18.4 Å². The van der Waals surface area contributed by atoms with Crippen molar-refractivity contribution in [2.45, 2.75) is 12.5 Å². The van der Waals surface area contributed by atoms with E-state index in [1.54, 1.807) is 0 Å². The highest BCUT2D eigenvalue weighted by atomic mass is 19.4. The Bertz CT molecular complexity index is 661. The van der Waals surface area contributed by atoms with Crippen LogP contribution in [0, 0.1) is 11.3 Å². The van der Waals surface area contributed by atoms with Crippen LogP contribution in [0.3, 0.4) is 0 Å². The largest absolute Gasteiger partial charge is 0.457 e. The Morgan fingerprint density at radius 3 is 2.61 bits per heavy atom. The standard InChI is InChI=1S/C15H13BF3NO3/c1-2-4-12(5-3-8-16(21)22)23-13-6-7-14(15(17,18)19)11(9-13)10-20/h2-7,9,21-22H,1,8H2/b5-3-,12-4+. The molecule has 0 saturated carbocycles. The van der Waals surface area contributed by atoms with Gasteiger partial charge in [0.1, 0.15) is 11.5 Å². The maximum absolute atomic E-state index is 12.7. The zero-order valence-electron chi connectivity index (χ0n) is 11.9. The summed E-state index contributed by atoms with van der Waals surface area (Å²) in [7, 11) is -1.52. The molecule has 2 N–H and O–H groups in total. The maximum atomic E-state index is 12.7. The first-order chi connectivity index (χ1) is 10.8. The van der Waals surface area contributed by atoms with Crippen LogP contribution in [0.5, 0.6) is 5.75 Å². The molecule has 1 aromatic carbocycles. The van der Waals surface area contributed by atoms with Crippen LogP contribution in [-0.4, -0.2) is 17.2 Å². The lowest BCUT2D eigenvalue weighted by Crippen LogP contribution is -2.08. The molecule has 0 amide bonds. The predicted molar refractivity (Wildman–Crippen MR) is 79.2 cm³/mol. The average Bonchev–Trinajstić information content (AvgIpc) is 2.45. The second-order valence-corrected chi connectivity index (χ2v) is 4.34. The topological polar surface area (TPSA) is 73.5 Å². The SMILES string of the molecule is C=C/C=C(\C=C/CB(O)O)Oc1ccc(C(F)(F)F)c(C#N)c1. The first-order valence-corrected chi connectivity index (χ1v) is 6.42. The van der Waals surface area contributed by atoms with Crippen LogP contribution in [0.15, 0.2) is 54.8 Å². The second-order valence-electron chi connectivity index (χ2n) is 4.34. The van der Waals surface area contributed by atoms with Crippen LogP contribution < -0.4 is 4.74 Å². The maximum Gasteiger partial charge on any atom is 0.455 e. The summed E-state index contributed by atoms with van der Waals surface area (Å²) in [6.07, 6.45) is 0.975. The number of benzene rings is 1. The summed E-state index contributed by atoms with van der Waals surface area (Å²) in [6.45, 7) is 3.48. The molecular formula is C15H13BF3NO3. The molecule has 1 rings (SSSR count). The van der Waals surface area contributed by atoms with E-state index in [9.17, 15) is 13.2 Å². The van der Waals surface area contributed by atoms with Crippen molar-refractivity contribution in [1.82, 2.24) is 0 Å². The highest BCUT2D eigenvalue weighted by molar-refractivity contribution is 6.41. The molecule has 0 aromatic heterocycles. The van der Waals surface area contributed by atoms with Crippen molar-refractivity contribution in [3.05, 3.63) is 66.0 Å². The van der Waals surface area contributed by atoms with Crippen LogP contribution >= 0.6 is 0 Å². The summed E-state index contributed by atoms with van der Waals surface area (Å²) in [6, 6.07) is 4.32. The number of hydrogen-bond donors (Lipinski definition) is 2. The van der Waals surface area contributed by atoms with Gasteiger partial charge in [-0.25, -0.2) is 0 Å². The van der Waals surface area contributed by atoms with Gasteiger partial charge in [0.2, 0.25) is 0 Å². The van der Waals surface area contributed by atoms with Crippen molar-refractivity contribution in [2.75, 3.05) is 0 Å². The summed E-state index contributed by atoms with van der Waals surface area (Å²) < 4.78 is 43.5. The molecule has 0 unspecified atom stereocenters. The summed E-state index contributed by atoms with van der Waals surface area (Å²) in [5, 5.41) is 26.3. The molecule has 0 saturated heterocycles. The van der Waals surface area contributed by atoms with Gasteiger partial charge in [-0.05, 0) is 30.4 Å². The van der Waals surface area contributed by atoms with Crippen molar-refractivity contribution in [1.29, 1.82) is 5.26 Å². The molecule has 0 heterocycles. The molecule has 0 radical (unpaired) electrons. The average molecular weight is 323 g/mol. The van der Waals surface area contributed by atoms with E-state index in [-0.39, 0.29) is 17.8 Å². The number of ether oxygens (including phenoxy) is 1. The fourth-order valence-corrected chi connectivity index (χ4v) is 1.61. The number of allylic oxidation sites excluding steroid dienone is 4. The molecule has 0 atom stereocenters. The number of halogens is 3. The van der Waals surface area contributed by atoms with Crippen molar-refractivity contribution in [2.24, 2.45) is 0 Å². The molecule has 120 valence electrons. The summed E-state index contributed by atoms with van der Waals surface area (Å²) in [4.78, 5) is 0. The number of nitriles is 1. The lowest BCUT2D eigenvalue weighted by atomic mass is 9.86. The smallest absolute Gasteiger partial charge is 0.455 e. The molecule has 0 spiro atoms. The van der Waals surface area contributed by atoms with Gasteiger partial charge in [0, 0.05) is 6.32 Å². The summed E-state index contributed by atoms with van der Waals surface area (Å²) >= 11 is 0. The lowest BCUT2D eigenvalue weighted by molar-refractivity contribution is -0.137. The van der Waals surface area contributed by atoms with E-state index in [2.05, 4.69) is 6.58 Å². The highest BCUT2D eigenvalue weighted by Crippen LogP contribution is 2.33. The van der Waals surface area contributed by atoms with Crippen molar-refractivity contribution in [3.63, 3.8) is 0 Å². The van der Waals surface area contributed by atoms with Gasteiger partial charge in [-0.15, -0.1) is 0 Å². The third kappa shape index (κ3) is 6.02. The molecular weight excluding hydrogens is 310 g/mol. The van der Waals surface area contributed by atoms with Gasteiger partial charge in [-0.3, -0.25) is 0 Å². The van der Waals surface area contributed by atoms with E-state index in [0.717, 1.165) is 18.2 Å². The third-order valence-electron chi connectivity index (χ3n) is 2.56. The second kappa shape index (κ2) is 8.22. The van der Waals surface area contributed by atoms with E-state index in [0.29, 0.717) is 0 Å².